The van der Waals surface area contributed by atoms with E-state index < -0.39 is 0 Å². The number of hydrogen-bond acceptors (Lipinski definition) is 5. The highest BCUT2D eigenvalue weighted by Crippen LogP contribution is 2.29. The number of carbonyl (C=O) groups is 1. The van der Waals surface area contributed by atoms with Crippen LogP contribution in [0.15, 0.2) is 42.6 Å². The van der Waals surface area contributed by atoms with Gasteiger partial charge in [-0.1, -0.05) is 24.3 Å². The minimum atomic E-state index is -0.000735. The fraction of sp³-hybridized carbons (Fsp3) is 0.478. The highest BCUT2D eigenvalue weighted by atomic mass is 16.5. The van der Waals surface area contributed by atoms with E-state index in [0.29, 0.717) is 24.5 Å². The summed E-state index contributed by atoms with van der Waals surface area (Å²) in [6.45, 7) is 4.40. The van der Waals surface area contributed by atoms with E-state index in [0.717, 1.165) is 37.2 Å². The van der Waals surface area contributed by atoms with E-state index in [1.807, 2.05) is 17.0 Å². The molecule has 2 atom stereocenters. The number of fused-ring (bicyclic) bond motifs is 3. The van der Waals surface area contributed by atoms with Crippen molar-refractivity contribution in [2.75, 3.05) is 32.1 Å². The number of anilines is 1. The molecule has 29 heavy (non-hydrogen) atoms. The zero-order valence-corrected chi connectivity index (χ0v) is 17.3. The molecule has 6 heteroatoms. The van der Waals surface area contributed by atoms with Crippen LogP contribution in [0.2, 0.25) is 0 Å². The number of hydrogen-bond donors (Lipinski definition) is 1. The summed E-state index contributed by atoms with van der Waals surface area (Å²) < 4.78 is 5.66. The lowest BCUT2D eigenvalue weighted by molar-refractivity contribution is -0.134. The second-order valence-electron chi connectivity index (χ2n) is 8.11. The molecular formula is C23H30N4O2. The highest BCUT2D eigenvalue weighted by molar-refractivity contribution is 5.78. The van der Waals surface area contributed by atoms with Gasteiger partial charge in [-0.25, -0.2) is 4.98 Å². The fourth-order valence-corrected chi connectivity index (χ4v) is 4.51. The Bertz CT molecular complexity index is 842. The SMILES string of the molecule is Cc1cccc2c1NCCC1CCC(CN(C(=O)COc3ccccn3)C2)N1C. The maximum absolute atomic E-state index is 13.1. The molecular weight excluding hydrogens is 364 g/mol. The molecule has 1 saturated heterocycles. The van der Waals surface area contributed by atoms with Crippen molar-refractivity contribution in [3.63, 3.8) is 0 Å². The normalized spacial score (nSPS) is 22.3. The predicted molar refractivity (Wildman–Crippen MR) is 114 cm³/mol. The van der Waals surface area contributed by atoms with Crippen LogP contribution >= 0.6 is 0 Å². The van der Waals surface area contributed by atoms with Crippen LogP contribution in [0.3, 0.4) is 0 Å². The molecule has 154 valence electrons. The van der Waals surface area contributed by atoms with Crippen molar-refractivity contribution in [3.05, 3.63) is 53.7 Å². The van der Waals surface area contributed by atoms with Crippen molar-refractivity contribution in [2.45, 2.75) is 44.8 Å². The predicted octanol–water partition coefficient (Wildman–Crippen LogP) is 3.08. The first kappa shape index (κ1) is 19.7. The van der Waals surface area contributed by atoms with E-state index in [-0.39, 0.29) is 12.5 Å². The standard InChI is InChI=1S/C23H30N4O2/c1-17-6-5-7-18-14-27(22(28)16-29-21-8-3-4-12-24-21)15-20-10-9-19(26(20)2)11-13-25-23(17)18/h3-8,12,19-20,25H,9-11,13-16H2,1-2H3. The van der Waals surface area contributed by atoms with Gasteiger partial charge in [0.15, 0.2) is 6.61 Å². The molecule has 2 aliphatic heterocycles. The number of aromatic nitrogens is 1. The minimum Gasteiger partial charge on any atom is -0.468 e. The molecule has 1 aromatic heterocycles. The Labute approximate surface area is 172 Å². The van der Waals surface area contributed by atoms with Crippen LogP contribution in [-0.4, -0.2) is 59.5 Å². The van der Waals surface area contributed by atoms with Gasteiger partial charge in [-0.15, -0.1) is 0 Å². The molecule has 4 rings (SSSR count). The van der Waals surface area contributed by atoms with Crippen molar-refractivity contribution in [3.8, 4) is 5.88 Å². The Hall–Kier alpha value is -2.60. The maximum Gasteiger partial charge on any atom is 0.260 e. The maximum atomic E-state index is 13.1. The van der Waals surface area contributed by atoms with E-state index in [4.69, 9.17) is 4.74 Å². The summed E-state index contributed by atoms with van der Waals surface area (Å²) >= 11 is 0. The van der Waals surface area contributed by atoms with Crippen molar-refractivity contribution in [1.82, 2.24) is 14.8 Å². The molecule has 1 N–H and O–H groups in total. The molecule has 0 aliphatic carbocycles. The van der Waals surface area contributed by atoms with Gasteiger partial charge in [-0.05, 0) is 50.4 Å². The highest BCUT2D eigenvalue weighted by Gasteiger charge is 2.33. The number of rotatable bonds is 3. The summed E-state index contributed by atoms with van der Waals surface area (Å²) in [5, 5.41) is 3.64. The lowest BCUT2D eigenvalue weighted by Crippen LogP contribution is -2.44. The number of amides is 1. The first-order valence-corrected chi connectivity index (χ1v) is 10.5. The van der Waals surface area contributed by atoms with Crippen LogP contribution in [0.4, 0.5) is 5.69 Å². The average Bonchev–Trinajstić information content (AvgIpc) is 3.06. The molecule has 1 fully saturated rings. The molecule has 2 bridgehead atoms. The quantitative estimate of drug-likeness (QED) is 0.867. The summed E-state index contributed by atoms with van der Waals surface area (Å²) in [6.07, 6.45) is 5.12. The summed E-state index contributed by atoms with van der Waals surface area (Å²) in [5.41, 5.74) is 3.55. The zero-order valence-electron chi connectivity index (χ0n) is 17.3. The number of benzene rings is 1. The van der Waals surface area contributed by atoms with Crippen LogP contribution in [0.1, 0.15) is 30.4 Å². The van der Waals surface area contributed by atoms with Crippen molar-refractivity contribution >= 4 is 11.6 Å². The Balaban J connectivity index is 1.56. The summed E-state index contributed by atoms with van der Waals surface area (Å²) in [7, 11) is 2.20. The van der Waals surface area contributed by atoms with Gasteiger partial charge in [-0.2, -0.15) is 0 Å². The van der Waals surface area contributed by atoms with Gasteiger partial charge in [0.2, 0.25) is 5.88 Å². The number of likely N-dealkylation sites (N-methyl/N-ethyl adjacent to an activating group) is 1. The van der Waals surface area contributed by atoms with E-state index in [2.05, 4.69) is 47.4 Å². The van der Waals surface area contributed by atoms with Gasteiger partial charge in [0.05, 0.1) is 0 Å². The first-order valence-electron chi connectivity index (χ1n) is 10.5. The van der Waals surface area contributed by atoms with Gasteiger partial charge in [-0.3, -0.25) is 9.69 Å². The van der Waals surface area contributed by atoms with Crippen LogP contribution in [0.25, 0.3) is 0 Å². The van der Waals surface area contributed by atoms with E-state index >= 15 is 0 Å². The molecule has 2 aromatic rings. The second kappa shape index (κ2) is 8.82. The second-order valence-corrected chi connectivity index (χ2v) is 8.11. The number of nitrogens with one attached hydrogen (secondary N) is 1. The van der Waals surface area contributed by atoms with E-state index in [1.54, 1.807) is 12.3 Å². The number of aryl methyl sites for hydroxylation is 1. The van der Waals surface area contributed by atoms with Crippen molar-refractivity contribution in [1.29, 1.82) is 0 Å². The third-order valence-electron chi connectivity index (χ3n) is 6.25. The largest absolute Gasteiger partial charge is 0.468 e. The van der Waals surface area contributed by atoms with E-state index in [1.165, 1.54) is 12.0 Å². The third-order valence-corrected chi connectivity index (χ3v) is 6.25. The average molecular weight is 395 g/mol. The molecule has 1 amide bonds. The van der Waals surface area contributed by atoms with Gasteiger partial charge in [0, 0.05) is 49.7 Å². The Morgan fingerprint density at radius 1 is 1.17 bits per heavy atom. The Morgan fingerprint density at radius 2 is 2.03 bits per heavy atom. The van der Waals surface area contributed by atoms with Gasteiger partial charge < -0.3 is 15.0 Å². The molecule has 1 aromatic carbocycles. The summed E-state index contributed by atoms with van der Waals surface area (Å²) in [4.78, 5) is 21.7. The Kier molecular flexibility index (Phi) is 6.00. The lowest BCUT2D eigenvalue weighted by Gasteiger charge is -2.31. The number of nitrogens with zero attached hydrogens (tertiary/aromatic N) is 3. The third kappa shape index (κ3) is 4.53. The fourth-order valence-electron chi connectivity index (χ4n) is 4.51. The van der Waals surface area contributed by atoms with Gasteiger partial charge >= 0.3 is 0 Å². The number of ether oxygens (including phenoxy) is 1. The summed E-state index contributed by atoms with van der Waals surface area (Å²) in [5.74, 6) is 0.480. The van der Waals surface area contributed by atoms with Crippen molar-refractivity contribution < 1.29 is 9.53 Å². The van der Waals surface area contributed by atoms with Crippen LogP contribution in [0.5, 0.6) is 5.88 Å². The van der Waals surface area contributed by atoms with Gasteiger partial charge in [0.25, 0.3) is 5.91 Å². The number of pyridine rings is 1. The first-order chi connectivity index (χ1) is 14.1. The van der Waals surface area contributed by atoms with Crippen LogP contribution in [-0.2, 0) is 11.3 Å². The molecule has 6 nitrogen and oxygen atoms in total. The molecule has 2 unspecified atom stereocenters. The minimum absolute atomic E-state index is 0.000735. The smallest absolute Gasteiger partial charge is 0.260 e. The Morgan fingerprint density at radius 3 is 2.86 bits per heavy atom. The molecule has 3 heterocycles. The topological polar surface area (TPSA) is 57.7 Å². The van der Waals surface area contributed by atoms with Crippen LogP contribution in [0, 0.1) is 6.92 Å². The van der Waals surface area contributed by atoms with Gasteiger partial charge in [0.1, 0.15) is 0 Å². The molecule has 0 saturated carbocycles. The molecule has 2 aliphatic rings. The number of para-hydroxylation sites is 1. The summed E-state index contributed by atoms with van der Waals surface area (Å²) in [6, 6.07) is 12.7. The molecule has 0 radical (unpaired) electrons. The van der Waals surface area contributed by atoms with Crippen molar-refractivity contribution in [2.24, 2.45) is 0 Å². The zero-order chi connectivity index (χ0) is 20.2. The molecule has 0 spiro atoms. The number of carbonyl (C=O) groups excluding carboxylic acids is 1. The van der Waals surface area contributed by atoms with E-state index in [9.17, 15) is 4.79 Å². The lowest BCUT2D eigenvalue weighted by atomic mass is 10.1. The van der Waals surface area contributed by atoms with Crippen LogP contribution < -0.4 is 10.1 Å². The monoisotopic (exact) mass is 394 g/mol.